The summed E-state index contributed by atoms with van der Waals surface area (Å²) in [6.45, 7) is 4.42. The number of carbonyl (C=O) groups is 1. The number of ether oxygens (including phenoxy) is 2. The minimum atomic E-state index is -0.228. The van der Waals surface area contributed by atoms with Crippen molar-refractivity contribution in [1.29, 1.82) is 0 Å². The molecule has 1 saturated heterocycles. The molecule has 1 aliphatic rings. The lowest BCUT2D eigenvalue weighted by Crippen LogP contribution is -2.49. The summed E-state index contributed by atoms with van der Waals surface area (Å²) in [5.74, 6) is 0.837. The quantitative estimate of drug-likeness (QED) is 0.849. The molecule has 0 aliphatic carbocycles. The van der Waals surface area contributed by atoms with Crippen molar-refractivity contribution < 1.29 is 14.3 Å². The highest BCUT2D eigenvalue weighted by molar-refractivity contribution is 5.67. The van der Waals surface area contributed by atoms with Crippen LogP contribution in [0.2, 0.25) is 0 Å². The molecule has 5 heteroatoms. The van der Waals surface area contributed by atoms with Crippen LogP contribution in [0.3, 0.4) is 0 Å². The van der Waals surface area contributed by atoms with Crippen LogP contribution in [0.15, 0.2) is 24.3 Å². The fourth-order valence-electron chi connectivity index (χ4n) is 2.46. The van der Waals surface area contributed by atoms with Crippen molar-refractivity contribution in [3.8, 4) is 5.75 Å². The van der Waals surface area contributed by atoms with E-state index in [0.29, 0.717) is 19.7 Å². The fourth-order valence-corrected chi connectivity index (χ4v) is 2.46. The number of hydrogen-bond donors (Lipinski definition) is 0. The minimum Gasteiger partial charge on any atom is -0.497 e. The Bertz CT molecular complexity index is 464. The predicted octanol–water partition coefficient (Wildman–Crippen LogP) is 2.14. The number of amides is 1. The summed E-state index contributed by atoms with van der Waals surface area (Å²) >= 11 is 0. The van der Waals surface area contributed by atoms with Gasteiger partial charge in [-0.3, -0.25) is 4.90 Å². The molecule has 1 atom stereocenters. The number of benzene rings is 1. The average Bonchev–Trinajstić information content (AvgIpc) is 2.48. The molecule has 110 valence electrons. The van der Waals surface area contributed by atoms with E-state index in [-0.39, 0.29) is 12.1 Å². The van der Waals surface area contributed by atoms with E-state index in [4.69, 9.17) is 9.47 Å². The molecule has 1 aromatic carbocycles. The molecule has 0 N–H and O–H groups in total. The molecule has 1 fully saturated rings. The van der Waals surface area contributed by atoms with Crippen LogP contribution in [0.25, 0.3) is 0 Å². The Morgan fingerprint density at radius 3 is 2.90 bits per heavy atom. The molecule has 2 rings (SSSR count). The molecule has 0 saturated carbocycles. The maximum Gasteiger partial charge on any atom is 0.409 e. The summed E-state index contributed by atoms with van der Waals surface area (Å²) in [7, 11) is 3.74. The number of nitrogens with zero attached hydrogens (tertiary/aromatic N) is 2. The highest BCUT2D eigenvalue weighted by Crippen LogP contribution is 2.26. The molecule has 1 aromatic rings. The number of piperazine rings is 1. The Morgan fingerprint density at radius 1 is 1.40 bits per heavy atom. The van der Waals surface area contributed by atoms with Crippen LogP contribution in [-0.4, -0.2) is 56.3 Å². The summed E-state index contributed by atoms with van der Waals surface area (Å²) in [5, 5.41) is 0. The van der Waals surface area contributed by atoms with Crippen LogP contribution in [0, 0.1) is 0 Å². The first-order chi connectivity index (χ1) is 9.65. The van der Waals surface area contributed by atoms with Gasteiger partial charge in [-0.05, 0) is 31.7 Å². The number of carbonyl (C=O) groups excluding carboxylic acids is 1. The maximum atomic E-state index is 11.9. The maximum absolute atomic E-state index is 11.9. The standard InChI is InChI=1S/C15H22N2O3/c1-4-20-15(18)17-9-8-16(2)14(11-17)12-6-5-7-13(10-12)19-3/h5-7,10,14H,4,8-9,11H2,1-3H3. The van der Waals surface area contributed by atoms with E-state index >= 15 is 0 Å². The molecule has 0 aromatic heterocycles. The van der Waals surface area contributed by atoms with E-state index in [1.165, 1.54) is 0 Å². The smallest absolute Gasteiger partial charge is 0.409 e. The lowest BCUT2D eigenvalue weighted by Gasteiger charge is -2.39. The van der Waals surface area contributed by atoms with Gasteiger partial charge in [-0.2, -0.15) is 0 Å². The Labute approximate surface area is 120 Å². The summed E-state index contributed by atoms with van der Waals surface area (Å²) in [6.07, 6.45) is -0.228. The van der Waals surface area contributed by atoms with E-state index in [9.17, 15) is 4.79 Å². The molecule has 0 spiro atoms. The Morgan fingerprint density at radius 2 is 2.20 bits per heavy atom. The van der Waals surface area contributed by atoms with Crippen molar-refractivity contribution in [3.63, 3.8) is 0 Å². The van der Waals surface area contributed by atoms with Crippen LogP contribution < -0.4 is 4.74 Å². The second-order valence-corrected chi connectivity index (χ2v) is 4.92. The van der Waals surface area contributed by atoms with Crippen molar-refractivity contribution in [2.45, 2.75) is 13.0 Å². The van der Waals surface area contributed by atoms with Gasteiger partial charge in [0.25, 0.3) is 0 Å². The van der Waals surface area contributed by atoms with Crippen molar-refractivity contribution in [2.24, 2.45) is 0 Å². The van der Waals surface area contributed by atoms with Crippen molar-refractivity contribution in [1.82, 2.24) is 9.80 Å². The highest BCUT2D eigenvalue weighted by atomic mass is 16.6. The van der Waals surface area contributed by atoms with Crippen LogP contribution in [0.1, 0.15) is 18.5 Å². The van der Waals surface area contributed by atoms with Crippen molar-refractivity contribution >= 4 is 6.09 Å². The topological polar surface area (TPSA) is 42.0 Å². The van der Waals surface area contributed by atoms with Gasteiger partial charge in [0, 0.05) is 19.6 Å². The van der Waals surface area contributed by atoms with E-state index in [1.807, 2.05) is 25.1 Å². The fraction of sp³-hybridized carbons (Fsp3) is 0.533. The third-order valence-electron chi connectivity index (χ3n) is 3.65. The predicted molar refractivity (Wildman–Crippen MR) is 77.0 cm³/mol. The van der Waals surface area contributed by atoms with Crippen LogP contribution in [-0.2, 0) is 4.74 Å². The number of hydrogen-bond acceptors (Lipinski definition) is 4. The molecule has 1 unspecified atom stereocenters. The molecule has 0 bridgehead atoms. The second kappa shape index (κ2) is 6.61. The zero-order valence-corrected chi connectivity index (χ0v) is 12.3. The zero-order valence-electron chi connectivity index (χ0n) is 12.3. The molecule has 1 amide bonds. The first kappa shape index (κ1) is 14.7. The largest absolute Gasteiger partial charge is 0.497 e. The summed E-state index contributed by atoms with van der Waals surface area (Å²) in [5.41, 5.74) is 1.15. The lowest BCUT2D eigenvalue weighted by atomic mass is 10.0. The van der Waals surface area contributed by atoms with Crippen LogP contribution >= 0.6 is 0 Å². The molecule has 1 heterocycles. The number of likely N-dealkylation sites (N-methyl/N-ethyl adjacent to an activating group) is 1. The van der Waals surface area contributed by atoms with Gasteiger partial charge in [-0.25, -0.2) is 4.79 Å². The van der Waals surface area contributed by atoms with Gasteiger partial charge >= 0.3 is 6.09 Å². The zero-order chi connectivity index (χ0) is 14.5. The summed E-state index contributed by atoms with van der Waals surface area (Å²) < 4.78 is 10.4. The van der Waals surface area contributed by atoms with Gasteiger partial charge in [-0.1, -0.05) is 12.1 Å². The van der Waals surface area contributed by atoms with E-state index in [1.54, 1.807) is 12.0 Å². The van der Waals surface area contributed by atoms with Crippen molar-refractivity contribution in [3.05, 3.63) is 29.8 Å². The third kappa shape index (κ3) is 3.22. The van der Waals surface area contributed by atoms with Gasteiger partial charge < -0.3 is 14.4 Å². The minimum absolute atomic E-state index is 0.170. The molecule has 1 aliphatic heterocycles. The molecular weight excluding hydrogens is 256 g/mol. The van der Waals surface area contributed by atoms with Gasteiger partial charge in [-0.15, -0.1) is 0 Å². The SMILES string of the molecule is CCOC(=O)N1CCN(C)C(c2cccc(OC)c2)C1. The Kier molecular flexibility index (Phi) is 4.84. The monoisotopic (exact) mass is 278 g/mol. The summed E-state index contributed by atoms with van der Waals surface area (Å²) in [6, 6.07) is 8.16. The van der Waals surface area contributed by atoms with E-state index < -0.39 is 0 Å². The molecule has 5 nitrogen and oxygen atoms in total. The van der Waals surface area contributed by atoms with Gasteiger partial charge in [0.15, 0.2) is 0 Å². The number of rotatable bonds is 3. The van der Waals surface area contributed by atoms with Gasteiger partial charge in [0.2, 0.25) is 0 Å². The highest BCUT2D eigenvalue weighted by Gasteiger charge is 2.29. The van der Waals surface area contributed by atoms with Crippen LogP contribution in [0.4, 0.5) is 4.79 Å². The number of methoxy groups -OCH3 is 1. The Balaban J connectivity index is 2.14. The lowest BCUT2D eigenvalue weighted by molar-refractivity contribution is 0.0629. The average molecular weight is 278 g/mol. The first-order valence-corrected chi connectivity index (χ1v) is 6.91. The molecule has 0 radical (unpaired) electrons. The van der Waals surface area contributed by atoms with Crippen LogP contribution in [0.5, 0.6) is 5.75 Å². The normalized spacial score (nSPS) is 19.8. The van der Waals surface area contributed by atoms with E-state index in [0.717, 1.165) is 17.9 Å². The molecule has 20 heavy (non-hydrogen) atoms. The molecular formula is C15H22N2O3. The first-order valence-electron chi connectivity index (χ1n) is 6.91. The third-order valence-corrected chi connectivity index (χ3v) is 3.65. The van der Waals surface area contributed by atoms with Gasteiger partial charge in [0.1, 0.15) is 5.75 Å². The van der Waals surface area contributed by atoms with Crippen molar-refractivity contribution in [2.75, 3.05) is 40.4 Å². The Hall–Kier alpha value is -1.75. The van der Waals surface area contributed by atoms with E-state index in [2.05, 4.69) is 18.0 Å². The summed E-state index contributed by atoms with van der Waals surface area (Å²) in [4.78, 5) is 15.9. The van der Waals surface area contributed by atoms with Gasteiger partial charge in [0.05, 0.1) is 19.8 Å². The second-order valence-electron chi connectivity index (χ2n) is 4.92.